The number of pyridine rings is 1. The van der Waals surface area contributed by atoms with Crippen molar-refractivity contribution in [1.82, 2.24) is 14.7 Å². The molecule has 0 aliphatic rings. The molecule has 4 nitrogen and oxygen atoms in total. The number of nitrogens with zero attached hydrogens (tertiary/aromatic N) is 2. The van der Waals surface area contributed by atoms with Gasteiger partial charge in [-0.25, -0.2) is 4.98 Å². The quantitative estimate of drug-likeness (QED) is 0.787. The van der Waals surface area contributed by atoms with Gasteiger partial charge in [-0.15, -0.1) is 0 Å². The van der Waals surface area contributed by atoms with E-state index in [0.29, 0.717) is 18.1 Å². The molecule has 3 rings (SSSR count). The molecule has 0 unspecified atom stereocenters. The topological polar surface area (TPSA) is 46.4 Å². The minimum absolute atomic E-state index is 0.0480. The molecule has 0 aliphatic carbocycles. The third kappa shape index (κ3) is 3.48. The molecule has 0 fully saturated rings. The molecule has 2 aromatic heterocycles. The van der Waals surface area contributed by atoms with E-state index in [1.54, 1.807) is 16.7 Å². The molecule has 23 heavy (non-hydrogen) atoms. The Hall–Kier alpha value is -2.46. The van der Waals surface area contributed by atoms with Gasteiger partial charge in [0.1, 0.15) is 5.65 Å². The zero-order valence-electron chi connectivity index (χ0n) is 13.4. The molecule has 4 heteroatoms. The molecule has 0 radical (unpaired) electrons. The van der Waals surface area contributed by atoms with Crippen molar-refractivity contribution in [3.63, 3.8) is 0 Å². The van der Waals surface area contributed by atoms with Crippen LogP contribution in [0.3, 0.4) is 0 Å². The van der Waals surface area contributed by atoms with Crippen LogP contribution in [0.25, 0.3) is 5.65 Å². The van der Waals surface area contributed by atoms with Gasteiger partial charge in [-0.3, -0.25) is 9.20 Å². The number of fused-ring (bicyclic) bond motifs is 1. The van der Waals surface area contributed by atoms with Crippen LogP contribution in [-0.2, 0) is 6.54 Å². The standard InChI is InChI=1S/C19H21N3O/c1-14(2)19(15-8-4-3-5-9-15)20-13-16-12-18(23)22-11-7-6-10-17(22)21-16/h3-12,14,19-20H,13H2,1-2H3/t19-/m1/s1. The third-order valence-electron chi connectivity index (χ3n) is 3.95. The Kier molecular flexibility index (Phi) is 4.53. The van der Waals surface area contributed by atoms with Crippen LogP contribution in [0.5, 0.6) is 0 Å². The molecule has 3 aromatic rings. The van der Waals surface area contributed by atoms with Crippen molar-refractivity contribution in [2.45, 2.75) is 26.4 Å². The molecule has 1 aromatic carbocycles. The lowest BCUT2D eigenvalue weighted by Gasteiger charge is -2.23. The Morgan fingerprint density at radius 3 is 2.57 bits per heavy atom. The van der Waals surface area contributed by atoms with Gasteiger partial charge in [0.05, 0.1) is 5.69 Å². The molecule has 1 N–H and O–H groups in total. The molecule has 0 saturated carbocycles. The fraction of sp³-hybridized carbons (Fsp3) is 0.263. The number of rotatable bonds is 5. The van der Waals surface area contributed by atoms with Crippen LogP contribution in [0.2, 0.25) is 0 Å². The maximum absolute atomic E-state index is 12.1. The summed E-state index contributed by atoms with van der Waals surface area (Å²) in [5.74, 6) is 0.443. The number of nitrogens with one attached hydrogen (secondary N) is 1. The van der Waals surface area contributed by atoms with Crippen LogP contribution < -0.4 is 10.9 Å². The summed E-state index contributed by atoms with van der Waals surface area (Å²) in [6.45, 7) is 4.94. The van der Waals surface area contributed by atoms with E-state index in [9.17, 15) is 4.79 Å². The Morgan fingerprint density at radius 1 is 1.09 bits per heavy atom. The largest absolute Gasteiger partial charge is 0.304 e. The summed E-state index contributed by atoms with van der Waals surface area (Å²) in [5.41, 5.74) is 2.65. The van der Waals surface area contributed by atoms with Gasteiger partial charge in [0.15, 0.2) is 0 Å². The lowest BCUT2D eigenvalue weighted by molar-refractivity contribution is 0.408. The highest BCUT2D eigenvalue weighted by molar-refractivity contribution is 5.38. The summed E-state index contributed by atoms with van der Waals surface area (Å²) in [6.07, 6.45) is 1.74. The molecule has 0 bridgehead atoms. The van der Waals surface area contributed by atoms with E-state index in [-0.39, 0.29) is 11.6 Å². The minimum Gasteiger partial charge on any atom is -0.304 e. The molecular weight excluding hydrogens is 286 g/mol. The van der Waals surface area contributed by atoms with E-state index in [2.05, 4.69) is 36.3 Å². The smallest absolute Gasteiger partial charge is 0.258 e. The highest BCUT2D eigenvalue weighted by Crippen LogP contribution is 2.21. The first-order chi connectivity index (χ1) is 11.1. The van der Waals surface area contributed by atoms with Gasteiger partial charge in [-0.05, 0) is 23.6 Å². The van der Waals surface area contributed by atoms with Crippen molar-refractivity contribution in [1.29, 1.82) is 0 Å². The average molecular weight is 307 g/mol. The zero-order valence-corrected chi connectivity index (χ0v) is 13.4. The fourth-order valence-electron chi connectivity index (χ4n) is 2.81. The third-order valence-corrected chi connectivity index (χ3v) is 3.95. The van der Waals surface area contributed by atoms with E-state index in [1.165, 1.54) is 5.56 Å². The number of aromatic nitrogens is 2. The molecule has 0 spiro atoms. The second kappa shape index (κ2) is 6.75. The summed E-state index contributed by atoms with van der Waals surface area (Å²) in [7, 11) is 0. The lowest BCUT2D eigenvalue weighted by Crippen LogP contribution is -2.27. The Morgan fingerprint density at radius 2 is 1.83 bits per heavy atom. The molecular formula is C19H21N3O. The normalized spacial score (nSPS) is 12.7. The summed E-state index contributed by atoms with van der Waals surface area (Å²) in [4.78, 5) is 16.7. The molecule has 1 atom stereocenters. The van der Waals surface area contributed by atoms with E-state index in [0.717, 1.165) is 5.69 Å². The van der Waals surface area contributed by atoms with Crippen LogP contribution in [0, 0.1) is 5.92 Å². The minimum atomic E-state index is -0.0480. The maximum atomic E-state index is 12.1. The van der Waals surface area contributed by atoms with Gasteiger partial charge in [-0.1, -0.05) is 50.2 Å². The van der Waals surface area contributed by atoms with Crippen LogP contribution in [0.4, 0.5) is 0 Å². The maximum Gasteiger partial charge on any atom is 0.258 e. The highest BCUT2D eigenvalue weighted by atomic mass is 16.1. The molecule has 2 heterocycles. The summed E-state index contributed by atoms with van der Waals surface area (Å²) in [5, 5.41) is 3.53. The Labute approximate surface area is 135 Å². The van der Waals surface area contributed by atoms with E-state index < -0.39 is 0 Å². The van der Waals surface area contributed by atoms with Crippen LogP contribution in [0.15, 0.2) is 65.6 Å². The molecule has 0 saturated heterocycles. The van der Waals surface area contributed by atoms with Crippen molar-refractivity contribution in [2.24, 2.45) is 5.92 Å². The second-order valence-electron chi connectivity index (χ2n) is 6.03. The summed E-state index contributed by atoms with van der Waals surface area (Å²) < 4.78 is 1.56. The van der Waals surface area contributed by atoms with Crippen molar-refractivity contribution < 1.29 is 0 Å². The second-order valence-corrected chi connectivity index (χ2v) is 6.03. The predicted octanol–water partition coefficient (Wildman–Crippen LogP) is 3.18. The van der Waals surface area contributed by atoms with Crippen LogP contribution in [0.1, 0.15) is 31.1 Å². The summed E-state index contributed by atoms with van der Waals surface area (Å²) >= 11 is 0. The van der Waals surface area contributed by atoms with Crippen molar-refractivity contribution in [2.75, 3.05) is 0 Å². The first-order valence-corrected chi connectivity index (χ1v) is 7.91. The van der Waals surface area contributed by atoms with Gasteiger partial charge >= 0.3 is 0 Å². The van der Waals surface area contributed by atoms with Gasteiger partial charge in [0.25, 0.3) is 5.56 Å². The predicted molar refractivity (Wildman–Crippen MR) is 92.3 cm³/mol. The lowest BCUT2D eigenvalue weighted by atomic mass is 9.96. The highest BCUT2D eigenvalue weighted by Gasteiger charge is 2.15. The molecule has 0 aliphatic heterocycles. The van der Waals surface area contributed by atoms with Crippen molar-refractivity contribution >= 4 is 5.65 Å². The first-order valence-electron chi connectivity index (χ1n) is 7.91. The number of hydrogen-bond donors (Lipinski definition) is 1. The number of benzene rings is 1. The Bertz CT molecular complexity index is 840. The molecule has 0 amide bonds. The SMILES string of the molecule is CC(C)[C@@H](NCc1cc(=O)n2ccccc2n1)c1ccccc1. The van der Waals surface area contributed by atoms with Crippen molar-refractivity contribution in [3.05, 3.63) is 82.4 Å². The first kappa shape index (κ1) is 15.4. The monoisotopic (exact) mass is 307 g/mol. The van der Waals surface area contributed by atoms with Crippen LogP contribution in [-0.4, -0.2) is 9.38 Å². The summed E-state index contributed by atoms with van der Waals surface area (Å²) in [6, 6.07) is 17.8. The Balaban J connectivity index is 1.83. The van der Waals surface area contributed by atoms with E-state index in [1.807, 2.05) is 36.4 Å². The van der Waals surface area contributed by atoms with Gasteiger partial charge in [-0.2, -0.15) is 0 Å². The zero-order chi connectivity index (χ0) is 16.2. The van der Waals surface area contributed by atoms with Gasteiger partial charge < -0.3 is 5.32 Å². The van der Waals surface area contributed by atoms with Gasteiger partial charge in [0.2, 0.25) is 0 Å². The van der Waals surface area contributed by atoms with Crippen LogP contribution >= 0.6 is 0 Å². The molecule has 118 valence electrons. The van der Waals surface area contributed by atoms with E-state index in [4.69, 9.17) is 0 Å². The average Bonchev–Trinajstić information content (AvgIpc) is 2.56. The van der Waals surface area contributed by atoms with Crippen molar-refractivity contribution in [3.8, 4) is 0 Å². The van der Waals surface area contributed by atoms with E-state index >= 15 is 0 Å². The number of hydrogen-bond acceptors (Lipinski definition) is 3. The van der Waals surface area contributed by atoms with Gasteiger partial charge in [0, 0.05) is 24.8 Å². The fourth-order valence-corrected chi connectivity index (χ4v) is 2.81.